The fourth-order valence-electron chi connectivity index (χ4n) is 3.94. The first kappa shape index (κ1) is 21.0. The van der Waals surface area contributed by atoms with Gasteiger partial charge in [0.1, 0.15) is 5.82 Å². The average Bonchev–Trinajstić information content (AvgIpc) is 2.99. The third-order valence-electron chi connectivity index (χ3n) is 6.19. The van der Waals surface area contributed by atoms with E-state index < -0.39 is 26.4 Å². The van der Waals surface area contributed by atoms with Gasteiger partial charge < -0.3 is 9.88 Å². The van der Waals surface area contributed by atoms with Crippen molar-refractivity contribution in [3.63, 3.8) is 0 Å². The maximum absolute atomic E-state index is 13.2. The molecule has 1 aliphatic heterocycles. The molecule has 1 fully saturated rings. The minimum atomic E-state index is -4.36. The number of nitrogens with one attached hydrogen (secondary N) is 2. The Kier molecular flexibility index (Phi) is 5.09. The quantitative estimate of drug-likeness (QED) is 0.645. The molecule has 31 heavy (non-hydrogen) atoms. The van der Waals surface area contributed by atoms with E-state index in [2.05, 4.69) is 30.7 Å². The van der Waals surface area contributed by atoms with E-state index in [-0.39, 0.29) is 11.1 Å². The van der Waals surface area contributed by atoms with Crippen LogP contribution in [0.15, 0.2) is 58.4 Å². The van der Waals surface area contributed by atoms with E-state index >= 15 is 0 Å². The molecule has 1 aromatic carbocycles. The van der Waals surface area contributed by atoms with Crippen LogP contribution < -0.4 is 15.2 Å². The molecule has 3 aromatic rings. The molecule has 3 heterocycles. The zero-order valence-electron chi connectivity index (χ0n) is 17.5. The third-order valence-corrected chi connectivity index (χ3v) is 7.54. The zero-order valence-corrected chi connectivity index (χ0v) is 18.4. The molecule has 1 saturated heterocycles. The summed E-state index contributed by atoms with van der Waals surface area (Å²) in [6.45, 7) is 7.02. The molecule has 2 aromatic heterocycles. The summed E-state index contributed by atoms with van der Waals surface area (Å²) in [4.78, 5) is 33.7. The van der Waals surface area contributed by atoms with Gasteiger partial charge in [-0.25, -0.2) is 18.1 Å². The van der Waals surface area contributed by atoms with Crippen molar-refractivity contribution in [2.45, 2.75) is 37.6 Å². The Bertz CT molecular complexity index is 1330. The maximum Gasteiger partial charge on any atom is 0.269 e. The highest BCUT2D eigenvalue weighted by molar-refractivity contribution is 7.90. The summed E-state index contributed by atoms with van der Waals surface area (Å²) in [5.74, 6) is -0.0297. The molecule has 1 unspecified atom stereocenters. The van der Waals surface area contributed by atoms with Crippen LogP contribution in [0.4, 0.5) is 5.82 Å². The molecule has 8 nitrogen and oxygen atoms in total. The third kappa shape index (κ3) is 3.69. The maximum atomic E-state index is 13.2. The van der Waals surface area contributed by atoms with Crippen molar-refractivity contribution in [1.29, 1.82) is 0 Å². The number of hydrogen-bond donors (Lipinski definition) is 2. The standard InChI is InChI=1S/C22H24N4O4S/c1-14-10-12-26(22(14,2)3)19-16(13-15-7-4-5-8-17(15)24-19)20(27)25-31(29,30)18-9-6-11-23-21(18)28/h4-9,11,13-14H,10,12H2,1-3H3,(H,23,28)(H,25,27). The number of carbonyl (C=O) groups excluding carboxylic acids is 1. The Morgan fingerprint density at radius 2 is 1.97 bits per heavy atom. The Hall–Kier alpha value is -3.20. The number of aromatic amines is 1. The average molecular weight is 441 g/mol. The summed E-state index contributed by atoms with van der Waals surface area (Å²) in [6, 6.07) is 11.5. The lowest BCUT2D eigenvalue weighted by molar-refractivity contribution is 0.0981. The molecular formula is C22H24N4O4S. The molecule has 0 saturated carbocycles. The van der Waals surface area contributed by atoms with Crippen molar-refractivity contribution in [3.8, 4) is 0 Å². The fourth-order valence-corrected chi connectivity index (χ4v) is 4.96. The predicted molar refractivity (Wildman–Crippen MR) is 119 cm³/mol. The molecule has 0 spiro atoms. The number of hydrogen-bond acceptors (Lipinski definition) is 6. The first-order valence-electron chi connectivity index (χ1n) is 10.0. The van der Waals surface area contributed by atoms with E-state index in [0.29, 0.717) is 23.8 Å². The number of aromatic nitrogens is 2. The van der Waals surface area contributed by atoms with Gasteiger partial charge in [0.15, 0.2) is 4.90 Å². The summed E-state index contributed by atoms with van der Waals surface area (Å²) < 4.78 is 27.5. The van der Waals surface area contributed by atoms with Crippen LogP contribution >= 0.6 is 0 Å². The predicted octanol–water partition coefficient (Wildman–Crippen LogP) is 2.67. The largest absolute Gasteiger partial charge is 0.351 e. The molecule has 2 N–H and O–H groups in total. The van der Waals surface area contributed by atoms with Crippen molar-refractivity contribution < 1.29 is 13.2 Å². The molecule has 0 radical (unpaired) electrons. The normalized spacial score (nSPS) is 18.3. The summed E-state index contributed by atoms with van der Waals surface area (Å²) in [5.41, 5.74) is -0.197. The number of H-pyrrole nitrogens is 1. The van der Waals surface area contributed by atoms with Gasteiger partial charge in [-0.2, -0.15) is 0 Å². The minimum Gasteiger partial charge on any atom is -0.351 e. The number of nitrogens with zero attached hydrogens (tertiary/aromatic N) is 2. The fraction of sp³-hybridized carbons (Fsp3) is 0.318. The first-order valence-corrected chi connectivity index (χ1v) is 11.5. The Morgan fingerprint density at radius 1 is 1.23 bits per heavy atom. The number of rotatable bonds is 4. The lowest BCUT2D eigenvalue weighted by atomic mass is 9.90. The van der Waals surface area contributed by atoms with Crippen LogP contribution in [0.3, 0.4) is 0 Å². The SMILES string of the molecule is CC1CCN(c2nc3ccccc3cc2C(=O)NS(=O)(=O)c2ccc[nH]c2=O)C1(C)C. The summed E-state index contributed by atoms with van der Waals surface area (Å²) >= 11 is 0. The summed E-state index contributed by atoms with van der Waals surface area (Å²) in [6.07, 6.45) is 2.26. The summed E-state index contributed by atoms with van der Waals surface area (Å²) in [7, 11) is -4.36. The Morgan fingerprint density at radius 3 is 2.65 bits per heavy atom. The van der Waals surface area contributed by atoms with E-state index in [4.69, 9.17) is 4.98 Å². The second-order valence-corrected chi connectivity index (χ2v) is 10.00. The van der Waals surface area contributed by atoms with Crippen LogP contribution in [0.1, 0.15) is 37.6 Å². The van der Waals surface area contributed by atoms with E-state index in [0.717, 1.165) is 17.9 Å². The second-order valence-electron chi connectivity index (χ2n) is 8.35. The molecule has 162 valence electrons. The molecule has 0 bridgehead atoms. The minimum absolute atomic E-state index is 0.150. The van der Waals surface area contributed by atoms with Crippen molar-refractivity contribution in [1.82, 2.24) is 14.7 Å². The van der Waals surface area contributed by atoms with Gasteiger partial charge >= 0.3 is 0 Å². The Balaban J connectivity index is 1.82. The van der Waals surface area contributed by atoms with E-state index in [1.54, 1.807) is 6.07 Å². The number of amides is 1. The molecule has 9 heteroatoms. The number of para-hydroxylation sites is 1. The molecular weight excluding hydrogens is 416 g/mol. The van der Waals surface area contributed by atoms with Crippen LogP contribution in [0.2, 0.25) is 0 Å². The number of sulfonamides is 1. The van der Waals surface area contributed by atoms with E-state index in [1.165, 1.54) is 12.3 Å². The van der Waals surface area contributed by atoms with E-state index in [1.807, 2.05) is 29.0 Å². The molecule has 4 rings (SSSR count). The summed E-state index contributed by atoms with van der Waals surface area (Å²) in [5, 5.41) is 0.719. The van der Waals surface area contributed by atoms with Crippen LogP contribution in [0.5, 0.6) is 0 Å². The van der Waals surface area contributed by atoms with Gasteiger partial charge in [0, 0.05) is 23.7 Å². The lowest BCUT2D eigenvalue weighted by Crippen LogP contribution is -2.44. The Labute approximate surface area is 180 Å². The van der Waals surface area contributed by atoms with Gasteiger partial charge in [-0.05, 0) is 50.5 Å². The van der Waals surface area contributed by atoms with Crippen LogP contribution in [-0.2, 0) is 10.0 Å². The first-order chi connectivity index (χ1) is 14.6. The van der Waals surface area contributed by atoms with Crippen molar-refractivity contribution in [3.05, 3.63) is 64.6 Å². The number of anilines is 1. The monoisotopic (exact) mass is 440 g/mol. The number of fused-ring (bicyclic) bond motifs is 1. The van der Waals surface area contributed by atoms with Gasteiger partial charge in [0.05, 0.1) is 11.1 Å². The highest BCUT2D eigenvalue weighted by atomic mass is 32.2. The van der Waals surface area contributed by atoms with Crippen LogP contribution in [0, 0.1) is 5.92 Å². The van der Waals surface area contributed by atoms with Crippen LogP contribution in [-0.4, -0.2) is 36.4 Å². The molecule has 0 aliphatic carbocycles. The number of carbonyl (C=O) groups is 1. The molecule has 1 atom stereocenters. The van der Waals surface area contributed by atoms with Gasteiger partial charge in [-0.15, -0.1) is 0 Å². The zero-order chi connectivity index (χ0) is 22.4. The van der Waals surface area contributed by atoms with E-state index in [9.17, 15) is 18.0 Å². The smallest absolute Gasteiger partial charge is 0.269 e. The van der Waals surface area contributed by atoms with Crippen molar-refractivity contribution >= 4 is 32.7 Å². The molecule has 1 aliphatic rings. The molecule has 1 amide bonds. The topological polar surface area (TPSA) is 112 Å². The highest BCUT2D eigenvalue weighted by Crippen LogP contribution is 2.39. The highest BCUT2D eigenvalue weighted by Gasteiger charge is 2.41. The van der Waals surface area contributed by atoms with Crippen molar-refractivity contribution in [2.24, 2.45) is 5.92 Å². The van der Waals surface area contributed by atoms with Crippen LogP contribution in [0.25, 0.3) is 10.9 Å². The van der Waals surface area contributed by atoms with Gasteiger partial charge in [-0.3, -0.25) is 9.59 Å². The lowest BCUT2D eigenvalue weighted by Gasteiger charge is -2.36. The number of pyridine rings is 2. The van der Waals surface area contributed by atoms with Crippen molar-refractivity contribution in [2.75, 3.05) is 11.4 Å². The van der Waals surface area contributed by atoms with Gasteiger partial charge in [0.2, 0.25) is 0 Å². The number of benzene rings is 1. The van der Waals surface area contributed by atoms with Gasteiger partial charge in [-0.1, -0.05) is 25.1 Å². The van der Waals surface area contributed by atoms with Gasteiger partial charge in [0.25, 0.3) is 21.5 Å². The second kappa shape index (κ2) is 7.49.